The van der Waals surface area contributed by atoms with E-state index in [4.69, 9.17) is 9.84 Å². The molecule has 0 spiro atoms. The highest BCUT2D eigenvalue weighted by atomic mass is 16.5. The van der Waals surface area contributed by atoms with Crippen LogP contribution in [0.2, 0.25) is 0 Å². The van der Waals surface area contributed by atoms with Gasteiger partial charge in [0.05, 0.1) is 6.54 Å². The largest absolute Gasteiger partial charge is 0.491 e. The number of aliphatic hydroxyl groups is 1. The van der Waals surface area contributed by atoms with Crippen LogP contribution < -0.4 is 15.4 Å². The molecule has 0 aromatic heterocycles. The Morgan fingerprint density at radius 1 is 1.33 bits per heavy atom. The smallest absolute Gasteiger partial charge is 0.315 e. The minimum absolute atomic E-state index is 0.00882. The van der Waals surface area contributed by atoms with E-state index in [1.54, 1.807) is 0 Å². The van der Waals surface area contributed by atoms with E-state index >= 15 is 0 Å². The first-order chi connectivity index (χ1) is 10.1. The standard InChI is InChI=1S/C16H26N2O3/c1-4-14(8-10-19)18-16(20)17-9-11-21-15-12(2)6-5-7-13(15)3/h5-7,14,19H,4,8-11H2,1-3H3,(H2,17,18,20). The Labute approximate surface area is 126 Å². The van der Waals surface area contributed by atoms with E-state index < -0.39 is 0 Å². The summed E-state index contributed by atoms with van der Waals surface area (Å²) in [7, 11) is 0. The summed E-state index contributed by atoms with van der Waals surface area (Å²) in [6.07, 6.45) is 1.37. The predicted molar refractivity (Wildman–Crippen MR) is 83.7 cm³/mol. The third-order valence-corrected chi connectivity index (χ3v) is 3.35. The normalized spacial score (nSPS) is 11.8. The average molecular weight is 294 g/mol. The molecule has 1 aromatic rings. The molecule has 0 fully saturated rings. The first kappa shape index (κ1) is 17.3. The van der Waals surface area contributed by atoms with Gasteiger partial charge in [-0.1, -0.05) is 25.1 Å². The van der Waals surface area contributed by atoms with Crippen molar-refractivity contribution in [2.75, 3.05) is 19.8 Å². The maximum absolute atomic E-state index is 11.7. The molecule has 0 bridgehead atoms. The number of hydrogen-bond donors (Lipinski definition) is 3. The van der Waals surface area contributed by atoms with Gasteiger partial charge in [-0.3, -0.25) is 0 Å². The topological polar surface area (TPSA) is 70.6 Å². The molecule has 0 saturated heterocycles. The Bertz CT molecular complexity index is 429. The second-order valence-corrected chi connectivity index (χ2v) is 5.09. The van der Waals surface area contributed by atoms with Crippen LogP contribution in [0, 0.1) is 13.8 Å². The molecule has 1 atom stereocenters. The van der Waals surface area contributed by atoms with E-state index in [9.17, 15) is 4.79 Å². The van der Waals surface area contributed by atoms with Crippen molar-refractivity contribution in [2.45, 2.75) is 39.7 Å². The van der Waals surface area contributed by atoms with E-state index in [0.29, 0.717) is 19.6 Å². The number of aliphatic hydroxyl groups excluding tert-OH is 1. The molecule has 0 saturated carbocycles. The number of rotatable bonds is 8. The Morgan fingerprint density at radius 3 is 2.57 bits per heavy atom. The lowest BCUT2D eigenvalue weighted by molar-refractivity contribution is 0.224. The number of amides is 2. The Hall–Kier alpha value is -1.75. The fourth-order valence-corrected chi connectivity index (χ4v) is 2.12. The van der Waals surface area contributed by atoms with E-state index in [-0.39, 0.29) is 18.7 Å². The molecule has 1 rings (SSSR count). The minimum Gasteiger partial charge on any atom is -0.491 e. The molecule has 0 aliphatic carbocycles. The summed E-state index contributed by atoms with van der Waals surface area (Å²) >= 11 is 0. The van der Waals surface area contributed by atoms with Gasteiger partial charge in [-0.25, -0.2) is 4.79 Å². The van der Waals surface area contributed by atoms with Crippen molar-refractivity contribution in [3.8, 4) is 5.75 Å². The lowest BCUT2D eigenvalue weighted by Crippen LogP contribution is -2.43. The van der Waals surface area contributed by atoms with Gasteiger partial charge in [0.25, 0.3) is 0 Å². The third-order valence-electron chi connectivity index (χ3n) is 3.35. The quantitative estimate of drug-likeness (QED) is 0.643. The molecule has 1 aromatic carbocycles. The molecule has 3 N–H and O–H groups in total. The maximum Gasteiger partial charge on any atom is 0.315 e. The van der Waals surface area contributed by atoms with Gasteiger partial charge in [0, 0.05) is 12.6 Å². The fraction of sp³-hybridized carbons (Fsp3) is 0.562. The molecule has 1 unspecified atom stereocenters. The average Bonchev–Trinajstić information content (AvgIpc) is 2.45. The van der Waals surface area contributed by atoms with Crippen LogP contribution in [0.4, 0.5) is 4.79 Å². The predicted octanol–water partition coefficient (Wildman–Crippen LogP) is 2.14. The van der Waals surface area contributed by atoms with Crippen molar-refractivity contribution in [3.05, 3.63) is 29.3 Å². The summed E-state index contributed by atoms with van der Waals surface area (Å²) in [6.45, 7) is 6.93. The molecule has 2 amide bonds. The molecule has 0 aliphatic heterocycles. The molecule has 5 nitrogen and oxygen atoms in total. The minimum atomic E-state index is -0.222. The van der Waals surface area contributed by atoms with Gasteiger partial charge >= 0.3 is 6.03 Å². The van der Waals surface area contributed by atoms with Crippen molar-refractivity contribution in [1.82, 2.24) is 10.6 Å². The van der Waals surface area contributed by atoms with Gasteiger partial charge in [-0.15, -0.1) is 0 Å². The molecule has 0 heterocycles. The first-order valence-electron chi connectivity index (χ1n) is 7.42. The lowest BCUT2D eigenvalue weighted by Gasteiger charge is -2.17. The Balaban J connectivity index is 2.29. The highest BCUT2D eigenvalue weighted by Crippen LogP contribution is 2.21. The number of benzene rings is 1. The van der Waals surface area contributed by atoms with Crippen LogP contribution in [0.3, 0.4) is 0 Å². The van der Waals surface area contributed by atoms with Crippen LogP contribution >= 0.6 is 0 Å². The van der Waals surface area contributed by atoms with Gasteiger partial charge in [0.15, 0.2) is 0 Å². The Kier molecular flexibility index (Phi) is 7.61. The van der Waals surface area contributed by atoms with Crippen LogP contribution in [0.5, 0.6) is 5.75 Å². The second kappa shape index (κ2) is 9.23. The summed E-state index contributed by atoms with van der Waals surface area (Å²) in [5.74, 6) is 0.881. The monoisotopic (exact) mass is 294 g/mol. The Morgan fingerprint density at radius 2 is 2.00 bits per heavy atom. The summed E-state index contributed by atoms with van der Waals surface area (Å²) in [6, 6.07) is 5.79. The number of urea groups is 1. The highest BCUT2D eigenvalue weighted by Gasteiger charge is 2.09. The van der Waals surface area contributed by atoms with E-state index in [1.165, 1.54) is 0 Å². The summed E-state index contributed by atoms with van der Waals surface area (Å²) in [4.78, 5) is 11.7. The van der Waals surface area contributed by atoms with Crippen LogP contribution in [0.15, 0.2) is 18.2 Å². The summed E-state index contributed by atoms with van der Waals surface area (Å²) < 4.78 is 5.71. The van der Waals surface area contributed by atoms with Crippen LogP contribution in [-0.2, 0) is 0 Å². The van der Waals surface area contributed by atoms with Crippen molar-refractivity contribution >= 4 is 6.03 Å². The van der Waals surface area contributed by atoms with Crippen molar-refractivity contribution in [3.63, 3.8) is 0 Å². The van der Waals surface area contributed by atoms with Gasteiger partial charge < -0.3 is 20.5 Å². The van der Waals surface area contributed by atoms with E-state index in [1.807, 2.05) is 39.0 Å². The maximum atomic E-state index is 11.7. The van der Waals surface area contributed by atoms with Crippen LogP contribution in [-0.4, -0.2) is 36.9 Å². The third kappa shape index (κ3) is 6.04. The number of para-hydroxylation sites is 1. The number of aryl methyl sites for hydroxylation is 2. The zero-order valence-corrected chi connectivity index (χ0v) is 13.1. The number of carbonyl (C=O) groups is 1. The van der Waals surface area contributed by atoms with Crippen LogP contribution in [0.25, 0.3) is 0 Å². The molecular formula is C16H26N2O3. The fourth-order valence-electron chi connectivity index (χ4n) is 2.12. The van der Waals surface area contributed by atoms with Crippen molar-refractivity contribution in [1.29, 1.82) is 0 Å². The molecule has 5 heteroatoms. The second-order valence-electron chi connectivity index (χ2n) is 5.09. The zero-order chi connectivity index (χ0) is 15.7. The van der Waals surface area contributed by atoms with Gasteiger partial charge in [0.1, 0.15) is 12.4 Å². The SMILES string of the molecule is CCC(CCO)NC(=O)NCCOc1c(C)cccc1C. The number of carbonyl (C=O) groups excluding carboxylic acids is 1. The number of nitrogens with one attached hydrogen (secondary N) is 2. The van der Waals surface area contributed by atoms with Crippen molar-refractivity contribution < 1.29 is 14.6 Å². The number of hydrogen-bond acceptors (Lipinski definition) is 3. The van der Waals surface area contributed by atoms with E-state index in [0.717, 1.165) is 23.3 Å². The van der Waals surface area contributed by atoms with Gasteiger partial charge in [0.2, 0.25) is 0 Å². The highest BCUT2D eigenvalue weighted by molar-refractivity contribution is 5.74. The molecule has 118 valence electrons. The summed E-state index contributed by atoms with van der Waals surface area (Å²) in [5, 5.41) is 14.5. The molecule has 21 heavy (non-hydrogen) atoms. The first-order valence-corrected chi connectivity index (χ1v) is 7.42. The van der Waals surface area contributed by atoms with Crippen LogP contribution in [0.1, 0.15) is 30.9 Å². The molecule has 0 radical (unpaired) electrons. The van der Waals surface area contributed by atoms with Gasteiger partial charge in [-0.05, 0) is 37.8 Å². The molecular weight excluding hydrogens is 268 g/mol. The van der Waals surface area contributed by atoms with Crippen molar-refractivity contribution in [2.24, 2.45) is 0 Å². The summed E-state index contributed by atoms with van der Waals surface area (Å²) in [5.41, 5.74) is 2.18. The van der Waals surface area contributed by atoms with E-state index in [2.05, 4.69) is 10.6 Å². The molecule has 0 aliphatic rings. The zero-order valence-electron chi connectivity index (χ0n) is 13.1. The lowest BCUT2D eigenvalue weighted by atomic mass is 10.1. The number of ether oxygens (including phenoxy) is 1. The van der Waals surface area contributed by atoms with Gasteiger partial charge in [-0.2, -0.15) is 0 Å².